The third-order valence-corrected chi connectivity index (χ3v) is 3.69. The first-order valence-electron chi connectivity index (χ1n) is 6.26. The molecule has 3 unspecified atom stereocenters. The van der Waals surface area contributed by atoms with Gasteiger partial charge in [0.25, 0.3) is 0 Å². The van der Waals surface area contributed by atoms with Gasteiger partial charge in [-0.1, -0.05) is 0 Å². The summed E-state index contributed by atoms with van der Waals surface area (Å²) in [5, 5.41) is 18.7. The topological polar surface area (TPSA) is 99.4 Å². The van der Waals surface area contributed by atoms with E-state index in [-0.39, 0.29) is 12.5 Å². The van der Waals surface area contributed by atoms with E-state index in [1.54, 1.807) is 0 Å². The minimum atomic E-state index is -1.03. The average molecular weight is 285 g/mol. The summed E-state index contributed by atoms with van der Waals surface area (Å²) >= 11 is 0. The Morgan fingerprint density at radius 3 is 2.80 bits per heavy atom. The lowest BCUT2D eigenvalue weighted by Gasteiger charge is -2.22. The lowest BCUT2D eigenvalue weighted by atomic mass is 9.96. The Morgan fingerprint density at radius 1 is 1.40 bits per heavy atom. The molecule has 0 spiro atoms. The van der Waals surface area contributed by atoms with Gasteiger partial charge in [-0.3, -0.25) is 4.84 Å². The standard InChI is InChI=1S/C12H15NO7/c1-12-7(4-5-17-12)8(6-18-12)19-11(16)20-13-9(14)2-3-10(13)15/h2-3,7-8,14-15H,4-6H2,1H3. The van der Waals surface area contributed by atoms with E-state index < -0.39 is 29.8 Å². The van der Waals surface area contributed by atoms with Gasteiger partial charge in [0, 0.05) is 12.1 Å². The van der Waals surface area contributed by atoms with Crippen molar-refractivity contribution in [2.45, 2.75) is 25.2 Å². The third-order valence-electron chi connectivity index (χ3n) is 3.69. The molecule has 8 nitrogen and oxygen atoms in total. The average Bonchev–Trinajstić information content (AvgIpc) is 3.00. The molecule has 110 valence electrons. The van der Waals surface area contributed by atoms with Crippen molar-refractivity contribution in [3.8, 4) is 11.8 Å². The minimum absolute atomic E-state index is 0.0538. The highest BCUT2D eigenvalue weighted by atomic mass is 16.8. The predicted octanol–water partition coefficient (Wildman–Crippen LogP) is 0.616. The maximum atomic E-state index is 11.7. The number of hydrogen-bond acceptors (Lipinski definition) is 7. The molecule has 0 amide bonds. The molecule has 0 aliphatic carbocycles. The molecule has 0 radical (unpaired) electrons. The van der Waals surface area contributed by atoms with Crippen molar-refractivity contribution < 1.29 is 34.1 Å². The smallest absolute Gasteiger partial charge is 0.492 e. The van der Waals surface area contributed by atoms with Crippen LogP contribution in [0.4, 0.5) is 4.79 Å². The predicted molar refractivity (Wildman–Crippen MR) is 63.0 cm³/mol. The summed E-state index contributed by atoms with van der Waals surface area (Å²) in [4.78, 5) is 16.4. The van der Waals surface area contributed by atoms with Gasteiger partial charge in [0.15, 0.2) is 5.79 Å². The summed E-state index contributed by atoms with van der Waals surface area (Å²) in [6.45, 7) is 2.58. The van der Waals surface area contributed by atoms with Crippen molar-refractivity contribution in [1.82, 2.24) is 4.73 Å². The van der Waals surface area contributed by atoms with Crippen LogP contribution < -0.4 is 4.84 Å². The molecule has 2 aliphatic rings. The van der Waals surface area contributed by atoms with Crippen LogP contribution in [0.2, 0.25) is 0 Å². The zero-order valence-electron chi connectivity index (χ0n) is 10.8. The summed E-state index contributed by atoms with van der Waals surface area (Å²) in [6, 6.07) is 2.37. The summed E-state index contributed by atoms with van der Waals surface area (Å²) in [5.41, 5.74) is 0. The molecule has 2 fully saturated rings. The zero-order chi connectivity index (χ0) is 14.3. The molecule has 2 aliphatic heterocycles. The molecule has 2 saturated heterocycles. The number of aromatic hydroxyl groups is 2. The molecular formula is C12H15NO7. The van der Waals surface area contributed by atoms with Gasteiger partial charge in [0.05, 0.1) is 19.1 Å². The van der Waals surface area contributed by atoms with Crippen LogP contribution in [-0.4, -0.2) is 46.2 Å². The van der Waals surface area contributed by atoms with Crippen LogP contribution in [0.15, 0.2) is 12.1 Å². The van der Waals surface area contributed by atoms with Gasteiger partial charge >= 0.3 is 6.16 Å². The van der Waals surface area contributed by atoms with Gasteiger partial charge in [-0.25, -0.2) is 4.79 Å². The summed E-state index contributed by atoms with van der Waals surface area (Å²) in [6.07, 6.45) is -0.777. The van der Waals surface area contributed by atoms with E-state index in [4.69, 9.17) is 19.0 Å². The van der Waals surface area contributed by atoms with Gasteiger partial charge in [0.2, 0.25) is 11.8 Å². The molecule has 3 rings (SSSR count). The number of aromatic nitrogens is 1. The van der Waals surface area contributed by atoms with E-state index in [2.05, 4.69) is 0 Å². The Bertz CT molecular complexity index is 508. The number of rotatable bonds is 2. The normalized spacial score (nSPS) is 32.0. The highest BCUT2D eigenvalue weighted by Gasteiger charge is 2.53. The van der Waals surface area contributed by atoms with Crippen molar-refractivity contribution in [2.24, 2.45) is 5.92 Å². The lowest BCUT2D eigenvalue weighted by molar-refractivity contribution is -0.181. The molecule has 0 bridgehead atoms. The minimum Gasteiger partial charge on any atom is -0.492 e. The van der Waals surface area contributed by atoms with Crippen LogP contribution >= 0.6 is 0 Å². The van der Waals surface area contributed by atoms with Gasteiger partial charge in [-0.15, -0.1) is 4.73 Å². The van der Waals surface area contributed by atoms with E-state index >= 15 is 0 Å². The van der Waals surface area contributed by atoms with Gasteiger partial charge in [0.1, 0.15) is 6.10 Å². The number of fused-ring (bicyclic) bond motifs is 1. The molecular weight excluding hydrogens is 270 g/mol. The summed E-state index contributed by atoms with van der Waals surface area (Å²) in [5.74, 6) is -1.59. The molecule has 0 aromatic carbocycles. The summed E-state index contributed by atoms with van der Waals surface area (Å²) < 4.78 is 16.7. The number of nitrogens with zero attached hydrogens (tertiary/aromatic N) is 1. The van der Waals surface area contributed by atoms with E-state index in [1.807, 2.05) is 6.92 Å². The van der Waals surface area contributed by atoms with Crippen molar-refractivity contribution in [1.29, 1.82) is 0 Å². The quantitative estimate of drug-likeness (QED) is 0.768. The molecule has 1 aromatic heterocycles. The zero-order valence-corrected chi connectivity index (χ0v) is 10.8. The fourth-order valence-corrected chi connectivity index (χ4v) is 2.62. The Balaban J connectivity index is 1.63. The molecule has 20 heavy (non-hydrogen) atoms. The van der Waals surface area contributed by atoms with E-state index in [9.17, 15) is 15.0 Å². The van der Waals surface area contributed by atoms with Gasteiger partial charge in [-0.2, -0.15) is 0 Å². The summed E-state index contributed by atoms with van der Waals surface area (Å²) in [7, 11) is 0. The second-order valence-electron chi connectivity index (χ2n) is 4.91. The highest BCUT2D eigenvalue weighted by molar-refractivity contribution is 5.61. The van der Waals surface area contributed by atoms with Gasteiger partial charge < -0.3 is 24.4 Å². The fraction of sp³-hybridized carbons (Fsp3) is 0.583. The fourth-order valence-electron chi connectivity index (χ4n) is 2.62. The van der Waals surface area contributed by atoms with Crippen LogP contribution in [0.25, 0.3) is 0 Å². The number of carbonyl (C=O) groups excluding carboxylic acids is 1. The number of hydrogen-bond donors (Lipinski definition) is 2. The first-order chi connectivity index (χ1) is 9.49. The van der Waals surface area contributed by atoms with E-state index in [1.165, 1.54) is 12.1 Å². The van der Waals surface area contributed by atoms with Crippen LogP contribution in [0.1, 0.15) is 13.3 Å². The van der Waals surface area contributed by atoms with Crippen LogP contribution in [-0.2, 0) is 14.2 Å². The highest BCUT2D eigenvalue weighted by Crippen LogP contribution is 2.41. The van der Waals surface area contributed by atoms with Crippen LogP contribution in [0, 0.1) is 5.92 Å². The van der Waals surface area contributed by atoms with Crippen molar-refractivity contribution >= 4 is 6.16 Å². The van der Waals surface area contributed by atoms with Crippen molar-refractivity contribution in [3.05, 3.63) is 12.1 Å². The molecule has 2 N–H and O–H groups in total. The van der Waals surface area contributed by atoms with E-state index in [0.29, 0.717) is 11.3 Å². The third kappa shape index (κ3) is 2.06. The van der Waals surface area contributed by atoms with Crippen molar-refractivity contribution in [2.75, 3.05) is 13.2 Å². The van der Waals surface area contributed by atoms with Crippen LogP contribution in [0.3, 0.4) is 0 Å². The Labute approximate surface area is 114 Å². The van der Waals surface area contributed by atoms with Crippen molar-refractivity contribution in [3.63, 3.8) is 0 Å². The van der Waals surface area contributed by atoms with Gasteiger partial charge in [-0.05, 0) is 13.3 Å². The lowest BCUT2D eigenvalue weighted by Crippen LogP contribution is -2.34. The SMILES string of the molecule is CC12OCCC1C(OC(=O)On1c(O)ccc1O)CO2. The maximum Gasteiger partial charge on any atom is 0.534 e. The number of carbonyl (C=O) groups is 1. The maximum absolute atomic E-state index is 11.7. The second kappa shape index (κ2) is 4.57. The Hall–Kier alpha value is -1.93. The monoisotopic (exact) mass is 285 g/mol. The first-order valence-corrected chi connectivity index (χ1v) is 6.26. The molecule has 1 aromatic rings. The van der Waals surface area contributed by atoms with Crippen LogP contribution in [0.5, 0.6) is 11.8 Å². The Morgan fingerprint density at radius 2 is 2.10 bits per heavy atom. The first kappa shape index (κ1) is 13.1. The molecule has 3 heterocycles. The number of ether oxygens (including phenoxy) is 3. The van der Waals surface area contributed by atoms with E-state index in [0.717, 1.165) is 6.42 Å². The largest absolute Gasteiger partial charge is 0.534 e. The molecule has 0 saturated carbocycles. The second-order valence-corrected chi connectivity index (χ2v) is 4.91. The molecule has 3 atom stereocenters. The Kier molecular flexibility index (Phi) is 2.98. The molecule has 8 heteroatoms.